The maximum Gasteiger partial charge on any atom is 0.230 e. The molecule has 1 fully saturated rings. The number of hydrogen-bond donors (Lipinski definition) is 1. The van der Waals surface area contributed by atoms with E-state index in [4.69, 9.17) is 0 Å². The van der Waals surface area contributed by atoms with Crippen molar-refractivity contribution in [3.63, 3.8) is 0 Å². The Kier molecular flexibility index (Phi) is 5.06. The highest BCUT2D eigenvalue weighted by molar-refractivity contribution is 8.00. The lowest BCUT2D eigenvalue weighted by Crippen LogP contribution is -2.33. The summed E-state index contributed by atoms with van der Waals surface area (Å²) >= 11 is 1.34. The predicted octanol–water partition coefficient (Wildman–Crippen LogP) is 3.87. The summed E-state index contributed by atoms with van der Waals surface area (Å²) in [6.07, 6.45) is 4.54. The van der Waals surface area contributed by atoms with Crippen LogP contribution in [0.2, 0.25) is 0 Å². The molecule has 1 N–H and O–H groups in total. The van der Waals surface area contributed by atoms with Crippen LogP contribution in [0.1, 0.15) is 42.4 Å². The molecule has 3 rings (SSSR count). The van der Waals surface area contributed by atoms with Crippen molar-refractivity contribution in [3.8, 4) is 6.07 Å². The third-order valence-electron chi connectivity index (χ3n) is 4.43. The molecule has 2 aromatic rings. The number of hydrogen-bond acceptors (Lipinski definition) is 4. The van der Waals surface area contributed by atoms with Gasteiger partial charge in [0, 0.05) is 11.4 Å². The van der Waals surface area contributed by atoms with Crippen LogP contribution in [0.5, 0.6) is 0 Å². The molecular weight excluding hydrogens is 318 g/mol. The standard InChI is InChI=1S/C19H21N3OS/c1-12-7-13(2)16-9-14(10-20)19(22-17(16)8-12)24-11-18(23)21-15-5-3-4-6-15/h7-9,15H,3-6,11H2,1-2H3,(H,21,23). The summed E-state index contributed by atoms with van der Waals surface area (Å²) in [5.41, 5.74) is 3.68. The molecule has 24 heavy (non-hydrogen) atoms. The molecule has 0 aliphatic heterocycles. The van der Waals surface area contributed by atoms with Gasteiger partial charge in [0.1, 0.15) is 11.1 Å². The van der Waals surface area contributed by atoms with E-state index in [2.05, 4.69) is 22.4 Å². The van der Waals surface area contributed by atoms with E-state index in [1.54, 1.807) is 0 Å². The Balaban J connectivity index is 1.78. The van der Waals surface area contributed by atoms with Crippen molar-refractivity contribution in [1.29, 1.82) is 5.26 Å². The zero-order chi connectivity index (χ0) is 17.1. The summed E-state index contributed by atoms with van der Waals surface area (Å²) in [4.78, 5) is 16.7. The van der Waals surface area contributed by atoms with Gasteiger partial charge in [-0.2, -0.15) is 5.26 Å². The number of nitrogens with one attached hydrogen (secondary N) is 1. The van der Waals surface area contributed by atoms with Crippen LogP contribution in [0, 0.1) is 25.2 Å². The minimum atomic E-state index is 0.0260. The highest BCUT2D eigenvalue weighted by Crippen LogP contribution is 2.27. The fourth-order valence-electron chi connectivity index (χ4n) is 3.28. The molecule has 5 heteroatoms. The fourth-order valence-corrected chi connectivity index (χ4v) is 4.05. The number of fused-ring (bicyclic) bond motifs is 1. The lowest BCUT2D eigenvalue weighted by molar-refractivity contribution is -0.119. The number of nitriles is 1. The van der Waals surface area contributed by atoms with Crippen molar-refractivity contribution in [3.05, 3.63) is 34.9 Å². The number of carbonyl (C=O) groups excluding carboxylic acids is 1. The van der Waals surface area contributed by atoms with Crippen LogP contribution in [0.25, 0.3) is 10.9 Å². The molecule has 0 unspecified atom stereocenters. The van der Waals surface area contributed by atoms with Gasteiger partial charge >= 0.3 is 0 Å². The zero-order valence-corrected chi connectivity index (χ0v) is 14.9. The molecule has 1 aliphatic carbocycles. The minimum absolute atomic E-state index is 0.0260. The quantitative estimate of drug-likeness (QED) is 0.859. The summed E-state index contributed by atoms with van der Waals surface area (Å²) in [6, 6.07) is 8.53. The number of benzene rings is 1. The van der Waals surface area contributed by atoms with E-state index in [1.165, 1.54) is 24.6 Å². The monoisotopic (exact) mass is 339 g/mol. The van der Waals surface area contributed by atoms with Crippen molar-refractivity contribution >= 4 is 28.6 Å². The van der Waals surface area contributed by atoms with Crippen LogP contribution in [0.15, 0.2) is 23.2 Å². The lowest BCUT2D eigenvalue weighted by Gasteiger charge is -2.12. The molecule has 0 atom stereocenters. The Bertz CT molecular complexity index is 819. The molecule has 1 aliphatic rings. The smallest absolute Gasteiger partial charge is 0.230 e. The van der Waals surface area contributed by atoms with E-state index in [0.717, 1.165) is 34.9 Å². The van der Waals surface area contributed by atoms with Gasteiger partial charge in [0.15, 0.2) is 0 Å². The second kappa shape index (κ2) is 7.23. The highest BCUT2D eigenvalue weighted by Gasteiger charge is 2.18. The molecule has 124 valence electrons. The van der Waals surface area contributed by atoms with Crippen LogP contribution < -0.4 is 5.32 Å². The molecule has 1 amide bonds. The van der Waals surface area contributed by atoms with E-state index < -0.39 is 0 Å². The molecule has 0 radical (unpaired) electrons. The molecule has 4 nitrogen and oxygen atoms in total. The third-order valence-corrected chi connectivity index (χ3v) is 5.42. The number of nitrogens with zero attached hydrogens (tertiary/aromatic N) is 2. The Labute approximate surface area is 146 Å². The molecule has 1 heterocycles. The van der Waals surface area contributed by atoms with E-state index in [1.807, 2.05) is 26.0 Å². The molecule has 0 spiro atoms. The Morgan fingerprint density at radius 3 is 2.79 bits per heavy atom. The third kappa shape index (κ3) is 3.70. The first kappa shape index (κ1) is 16.8. The average molecular weight is 339 g/mol. The van der Waals surface area contributed by atoms with Gasteiger partial charge in [-0.25, -0.2) is 4.98 Å². The summed E-state index contributed by atoms with van der Waals surface area (Å²) in [7, 11) is 0. The van der Waals surface area contributed by atoms with Gasteiger partial charge in [-0.05, 0) is 49.9 Å². The molecule has 1 saturated carbocycles. The number of rotatable bonds is 4. The molecular formula is C19H21N3OS. The van der Waals surface area contributed by atoms with E-state index in [9.17, 15) is 10.1 Å². The van der Waals surface area contributed by atoms with Crippen LogP contribution in [0.3, 0.4) is 0 Å². The molecule has 0 bridgehead atoms. The summed E-state index contributed by atoms with van der Waals surface area (Å²) in [6.45, 7) is 4.06. The van der Waals surface area contributed by atoms with Crippen LogP contribution in [0.4, 0.5) is 0 Å². The van der Waals surface area contributed by atoms with E-state index in [0.29, 0.717) is 22.4 Å². The van der Waals surface area contributed by atoms with E-state index >= 15 is 0 Å². The van der Waals surface area contributed by atoms with Crippen molar-refractivity contribution < 1.29 is 4.79 Å². The van der Waals surface area contributed by atoms with Gasteiger partial charge in [0.05, 0.1) is 16.8 Å². The Hall–Kier alpha value is -2.06. The number of thioether (sulfide) groups is 1. The van der Waals surface area contributed by atoms with Gasteiger partial charge in [-0.1, -0.05) is 30.7 Å². The van der Waals surface area contributed by atoms with Gasteiger partial charge in [-0.15, -0.1) is 0 Å². The van der Waals surface area contributed by atoms with Crippen LogP contribution >= 0.6 is 11.8 Å². The number of aryl methyl sites for hydroxylation is 2. The fraction of sp³-hybridized carbons (Fsp3) is 0.421. The van der Waals surface area contributed by atoms with Crippen LogP contribution in [-0.4, -0.2) is 22.7 Å². The van der Waals surface area contributed by atoms with Crippen molar-refractivity contribution in [2.45, 2.75) is 50.6 Å². The number of pyridine rings is 1. The molecule has 1 aromatic carbocycles. The number of aromatic nitrogens is 1. The minimum Gasteiger partial charge on any atom is -0.353 e. The molecule has 1 aromatic heterocycles. The van der Waals surface area contributed by atoms with Crippen molar-refractivity contribution in [2.75, 3.05) is 5.75 Å². The SMILES string of the molecule is Cc1cc(C)c2cc(C#N)c(SCC(=O)NC3CCCC3)nc2c1. The zero-order valence-electron chi connectivity index (χ0n) is 14.1. The lowest BCUT2D eigenvalue weighted by atomic mass is 10.1. The first-order chi connectivity index (χ1) is 11.6. The van der Waals surface area contributed by atoms with E-state index in [-0.39, 0.29) is 5.91 Å². The normalized spacial score (nSPS) is 14.7. The van der Waals surface area contributed by atoms with Gasteiger partial charge in [0.2, 0.25) is 5.91 Å². The van der Waals surface area contributed by atoms with Crippen molar-refractivity contribution in [1.82, 2.24) is 10.3 Å². The maximum atomic E-state index is 12.1. The second-order valence-corrected chi connectivity index (χ2v) is 7.40. The highest BCUT2D eigenvalue weighted by atomic mass is 32.2. The first-order valence-corrected chi connectivity index (χ1v) is 9.29. The van der Waals surface area contributed by atoms with Gasteiger partial charge in [-0.3, -0.25) is 4.79 Å². The van der Waals surface area contributed by atoms with Crippen molar-refractivity contribution in [2.24, 2.45) is 0 Å². The average Bonchev–Trinajstić information content (AvgIpc) is 3.05. The van der Waals surface area contributed by atoms with Gasteiger partial charge in [0.25, 0.3) is 0 Å². The van der Waals surface area contributed by atoms with Crippen LogP contribution in [-0.2, 0) is 4.79 Å². The predicted molar refractivity (Wildman–Crippen MR) is 97.1 cm³/mol. The maximum absolute atomic E-state index is 12.1. The Morgan fingerprint density at radius 2 is 2.08 bits per heavy atom. The first-order valence-electron chi connectivity index (χ1n) is 8.31. The molecule has 0 saturated heterocycles. The Morgan fingerprint density at radius 1 is 1.33 bits per heavy atom. The second-order valence-electron chi connectivity index (χ2n) is 6.44. The topological polar surface area (TPSA) is 65.8 Å². The largest absolute Gasteiger partial charge is 0.353 e. The number of amides is 1. The number of carbonyl (C=O) groups is 1. The summed E-state index contributed by atoms with van der Waals surface area (Å²) < 4.78 is 0. The summed E-state index contributed by atoms with van der Waals surface area (Å²) in [5.74, 6) is 0.326. The summed E-state index contributed by atoms with van der Waals surface area (Å²) in [5, 5.41) is 14.1. The van der Waals surface area contributed by atoms with Gasteiger partial charge < -0.3 is 5.32 Å².